The van der Waals surface area contributed by atoms with E-state index >= 15 is 0 Å². The number of halogens is 2. The van der Waals surface area contributed by atoms with E-state index < -0.39 is 0 Å². The molecule has 13 heavy (non-hydrogen) atoms. The summed E-state index contributed by atoms with van der Waals surface area (Å²) in [6.45, 7) is 2.08. The van der Waals surface area contributed by atoms with Crippen LogP contribution in [0.2, 0.25) is 10.0 Å². The highest BCUT2D eigenvalue weighted by atomic mass is 35.5. The normalized spacial score (nSPS) is 12.9. The van der Waals surface area contributed by atoms with Crippen LogP contribution in [0, 0.1) is 0 Å². The molecule has 0 saturated carbocycles. The van der Waals surface area contributed by atoms with Crippen LogP contribution >= 0.6 is 23.2 Å². The lowest BCUT2D eigenvalue weighted by Crippen LogP contribution is -2.04. The first-order valence-corrected chi connectivity index (χ1v) is 5.01. The largest absolute Gasteiger partial charge is 0.396 e. The highest BCUT2D eigenvalue weighted by Gasteiger charge is 2.14. The van der Waals surface area contributed by atoms with Crippen LogP contribution in [-0.4, -0.2) is 11.7 Å². The second-order valence-corrected chi connectivity index (χ2v) is 3.74. The van der Waals surface area contributed by atoms with Crippen molar-refractivity contribution in [3.8, 4) is 0 Å². The average Bonchev–Trinajstić information content (AvgIpc) is 2.11. The third-order valence-electron chi connectivity index (χ3n) is 2.12. The number of benzene rings is 1. The first-order valence-electron chi connectivity index (χ1n) is 4.25. The molecule has 0 heterocycles. The van der Waals surface area contributed by atoms with Crippen molar-refractivity contribution in [2.24, 2.45) is 0 Å². The third-order valence-corrected chi connectivity index (χ3v) is 2.78. The average molecular weight is 219 g/mol. The molecule has 72 valence electrons. The first kappa shape index (κ1) is 10.8. The zero-order valence-electron chi connectivity index (χ0n) is 7.43. The standard InChI is InChI=1S/C10H12Cl2O/c1-2-7(6-13)10-8(11)4-3-5-9(10)12/h3-5,7,13H,2,6H2,1H3. The van der Waals surface area contributed by atoms with Gasteiger partial charge in [0.2, 0.25) is 0 Å². The fourth-order valence-corrected chi connectivity index (χ4v) is 2.03. The summed E-state index contributed by atoms with van der Waals surface area (Å²) in [4.78, 5) is 0. The Morgan fingerprint density at radius 3 is 2.23 bits per heavy atom. The topological polar surface area (TPSA) is 20.2 Å². The van der Waals surface area contributed by atoms with Crippen LogP contribution in [-0.2, 0) is 0 Å². The third kappa shape index (κ3) is 2.37. The summed E-state index contributed by atoms with van der Waals surface area (Å²) in [5.41, 5.74) is 0.857. The fraction of sp³-hybridized carbons (Fsp3) is 0.400. The summed E-state index contributed by atoms with van der Waals surface area (Å²) in [5, 5.41) is 10.4. The second kappa shape index (κ2) is 4.85. The molecule has 0 spiro atoms. The van der Waals surface area contributed by atoms with Crippen molar-refractivity contribution < 1.29 is 5.11 Å². The van der Waals surface area contributed by atoms with E-state index in [1.54, 1.807) is 18.2 Å². The van der Waals surface area contributed by atoms with Crippen molar-refractivity contribution in [2.45, 2.75) is 19.3 Å². The van der Waals surface area contributed by atoms with Gasteiger partial charge in [-0.3, -0.25) is 0 Å². The van der Waals surface area contributed by atoms with E-state index in [2.05, 4.69) is 0 Å². The van der Waals surface area contributed by atoms with Crippen molar-refractivity contribution in [1.82, 2.24) is 0 Å². The lowest BCUT2D eigenvalue weighted by molar-refractivity contribution is 0.262. The molecule has 1 atom stereocenters. The van der Waals surface area contributed by atoms with Gasteiger partial charge >= 0.3 is 0 Å². The van der Waals surface area contributed by atoms with E-state index in [9.17, 15) is 0 Å². The van der Waals surface area contributed by atoms with E-state index in [0.29, 0.717) is 10.0 Å². The van der Waals surface area contributed by atoms with Gasteiger partial charge < -0.3 is 5.11 Å². The summed E-state index contributed by atoms with van der Waals surface area (Å²) >= 11 is 12.0. The maximum Gasteiger partial charge on any atom is 0.0500 e. The van der Waals surface area contributed by atoms with E-state index in [1.807, 2.05) is 6.92 Å². The van der Waals surface area contributed by atoms with Crippen LogP contribution in [0.15, 0.2) is 18.2 Å². The van der Waals surface area contributed by atoms with E-state index in [1.165, 1.54) is 0 Å². The minimum absolute atomic E-state index is 0.0428. The summed E-state index contributed by atoms with van der Waals surface area (Å²) in [5.74, 6) is 0.0428. The zero-order valence-corrected chi connectivity index (χ0v) is 8.94. The van der Waals surface area contributed by atoms with Gasteiger partial charge in [0.15, 0.2) is 0 Å². The molecule has 1 rings (SSSR count). The predicted octanol–water partition coefficient (Wildman–Crippen LogP) is 3.48. The molecule has 0 fully saturated rings. The number of rotatable bonds is 3. The van der Waals surface area contributed by atoms with Crippen LogP contribution in [0.3, 0.4) is 0 Å². The number of aliphatic hydroxyl groups is 1. The van der Waals surface area contributed by atoms with Gasteiger partial charge in [0.1, 0.15) is 0 Å². The number of aliphatic hydroxyl groups excluding tert-OH is 1. The predicted molar refractivity (Wildman–Crippen MR) is 56.6 cm³/mol. The van der Waals surface area contributed by atoms with Crippen molar-refractivity contribution in [3.63, 3.8) is 0 Å². The van der Waals surface area contributed by atoms with Gasteiger partial charge in [0.25, 0.3) is 0 Å². The van der Waals surface area contributed by atoms with E-state index in [4.69, 9.17) is 28.3 Å². The molecule has 1 aromatic rings. The summed E-state index contributed by atoms with van der Waals surface area (Å²) in [6.07, 6.45) is 0.833. The quantitative estimate of drug-likeness (QED) is 0.824. The molecule has 3 heteroatoms. The minimum Gasteiger partial charge on any atom is -0.396 e. The van der Waals surface area contributed by atoms with Crippen LogP contribution in [0.25, 0.3) is 0 Å². The molecule has 0 amide bonds. The summed E-state index contributed by atoms with van der Waals surface area (Å²) in [7, 11) is 0. The van der Waals surface area contributed by atoms with Gasteiger partial charge in [0.05, 0.1) is 6.61 Å². The monoisotopic (exact) mass is 218 g/mol. The number of hydrogen-bond acceptors (Lipinski definition) is 1. The molecule has 0 aliphatic heterocycles. The molecule has 0 saturated heterocycles. The van der Waals surface area contributed by atoms with E-state index in [0.717, 1.165) is 12.0 Å². The van der Waals surface area contributed by atoms with Gasteiger partial charge in [-0.1, -0.05) is 36.2 Å². The van der Waals surface area contributed by atoms with Crippen molar-refractivity contribution in [2.75, 3.05) is 6.61 Å². The van der Waals surface area contributed by atoms with Gasteiger partial charge in [-0.15, -0.1) is 0 Å². The Labute approximate surface area is 88.3 Å². The van der Waals surface area contributed by atoms with Crippen molar-refractivity contribution >= 4 is 23.2 Å². The molecule has 1 aromatic carbocycles. The SMILES string of the molecule is CCC(CO)c1c(Cl)cccc1Cl. The highest BCUT2D eigenvalue weighted by molar-refractivity contribution is 6.36. The Hall–Kier alpha value is -0.240. The Balaban J connectivity index is 3.10. The zero-order chi connectivity index (χ0) is 9.84. The van der Waals surface area contributed by atoms with E-state index in [-0.39, 0.29) is 12.5 Å². The Morgan fingerprint density at radius 1 is 1.31 bits per heavy atom. The Kier molecular flexibility index (Phi) is 4.04. The molecule has 0 radical (unpaired) electrons. The Morgan fingerprint density at radius 2 is 1.85 bits per heavy atom. The molecular formula is C10H12Cl2O. The van der Waals surface area contributed by atoms with Gasteiger partial charge in [0, 0.05) is 16.0 Å². The van der Waals surface area contributed by atoms with Gasteiger partial charge in [-0.2, -0.15) is 0 Å². The summed E-state index contributed by atoms with van der Waals surface area (Å²) in [6, 6.07) is 5.39. The fourth-order valence-electron chi connectivity index (χ4n) is 1.33. The van der Waals surface area contributed by atoms with Crippen LogP contribution in [0.4, 0.5) is 0 Å². The molecule has 1 unspecified atom stereocenters. The maximum atomic E-state index is 9.11. The van der Waals surface area contributed by atoms with Crippen molar-refractivity contribution in [3.05, 3.63) is 33.8 Å². The van der Waals surface area contributed by atoms with Gasteiger partial charge in [-0.25, -0.2) is 0 Å². The maximum absolute atomic E-state index is 9.11. The van der Waals surface area contributed by atoms with Crippen LogP contribution in [0.5, 0.6) is 0 Å². The smallest absolute Gasteiger partial charge is 0.0500 e. The Bertz CT molecular complexity index is 262. The van der Waals surface area contributed by atoms with Crippen LogP contribution < -0.4 is 0 Å². The van der Waals surface area contributed by atoms with Gasteiger partial charge in [-0.05, 0) is 24.1 Å². The molecule has 1 nitrogen and oxygen atoms in total. The van der Waals surface area contributed by atoms with Crippen molar-refractivity contribution in [1.29, 1.82) is 0 Å². The first-order chi connectivity index (χ1) is 6.20. The molecular weight excluding hydrogens is 207 g/mol. The molecule has 0 aliphatic carbocycles. The minimum atomic E-state index is 0.0428. The second-order valence-electron chi connectivity index (χ2n) is 2.92. The molecule has 0 bridgehead atoms. The highest BCUT2D eigenvalue weighted by Crippen LogP contribution is 2.32. The van der Waals surface area contributed by atoms with Crippen LogP contribution in [0.1, 0.15) is 24.8 Å². The lowest BCUT2D eigenvalue weighted by atomic mass is 9.97. The number of hydrogen-bond donors (Lipinski definition) is 1. The molecule has 0 aliphatic rings. The summed E-state index contributed by atoms with van der Waals surface area (Å²) < 4.78 is 0. The lowest BCUT2D eigenvalue weighted by Gasteiger charge is -2.15. The molecule has 0 aromatic heterocycles. The molecule has 1 N–H and O–H groups in total.